The van der Waals surface area contributed by atoms with E-state index in [1.807, 2.05) is 4.90 Å². The summed E-state index contributed by atoms with van der Waals surface area (Å²) in [7, 11) is 1.59. The van der Waals surface area contributed by atoms with Gasteiger partial charge in [-0.15, -0.1) is 11.3 Å². The van der Waals surface area contributed by atoms with Gasteiger partial charge in [-0.2, -0.15) is 0 Å². The number of nitrogens with one attached hydrogen (secondary N) is 2. The summed E-state index contributed by atoms with van der Waals surface area (Å²) in [5, 5.41) is 6.33. The number of thiophene rings is 1. The first kappa shape index (κ1) is 22.8. The van der Waals surface area contributed by atoms with Crippen molar-refractivity contribution in [2.24, 2.45) is 0 Å². The van der Waals surface area contributed by atoms with Gasteiger partial charge < -0.3 is 20.1 Å². The van der Waals surface area contributed by atoms with Crippen molar-refractivity contribution in [1.82, 2.24) is 4.90 Å². The number of carbonyl (C=O) groups is 3. The van der Waals surface area contributed by atoms with Crippen LogP contribution in [0.3, 0.4) is 0 Å². The summed E-state index contributed by atoms with van der Waals surface area (Å²) in [5.41, 5.74) is 1.44. The molecule has 0 aliphatic carbocycles. The van der Waals surface area contributed by atoms with Crippen LogP contribution in [0, 0.1) is 6.92 Å². The van der Waals surface area contributed by atoms with Gasteiger partial charge in [0.2, 0.25) is 11.8 Å². The van der Waals surface area contributed by atoms with Gasteiger partial charge in [0, 0.05) is 5.69 Å². The Balaban J connectivity index is 1.57. The maximum Gasteiger partial charge on any atom is 0.348 e. The second kappa shape index (κ2) is 10.4. The summed E-state index contributed by atoms with van der Waals surface area (Å²) >= 11 is 1.19. The fraction of sp³-hybridized carbons (Fsp3) is 0.409. The molecule has 1 aromatic carbocycles. The lowest BCUT2D eigenvalue weighted by Gasteiger charge is -2.23. The minimum absolute atomic E-state index is 0.104. The van der Waals surface area contributed by atoms with Gasteiger partial charge in [0.05, 0.1) is 31.3 Å². The molecule has 1 aliphatic rings. The van der Waals surface area contributed by atoms with Crippen molar-refractivity contribution >= 4 is 39.8 Å². The predicted octanol–water partition coefficient (Wildman–Crippen LogP) is 3.28. The van der Waals surface area contributed by atoms with Crippen LogP contribution < -0.4 is 15.4 Å². The highest BCUT2D eigenvalue weighted by molar-refractivity contribution is 7.18. The monoisotopic (exact) mass is 445 g/mol. The van der Waals surface area contributed by atoms with E-state index in [9.17, 15) is 14.4 Å². The SMILES string of the molecule is CCOC(=O)c1sc(NC(=O)CN2CCCC2C(=O)Nc2ccc(OC)cc2)cc1C. The molecular formula is C22H27N3O5S. The Morgan fingerprint density at radius 2 is 1.94 bits per heavy atom. The molecule has 0 spiro atoms. The van der Waals surface area contributed by atoms with Crippen LogP contribution in [-0.4, -0.2) is 55.5 Å². The van der Waals surface area contributed by atoms with E-state index < -0.39 is 0 Å². The first-order valence-corrected chi connectivity index (χ1v) is 11.0. The highest BCUT2D eigenvalue weighted by Crippen LogP contribution is 2.28. The highest BCUT2D eigenvalue weighted by atomic mass is 32.1. The van der Waals surface area contributed by atoms with Gasteiger partial charge in [-0.05, 0) is 69.1 Å². The van der Waals surface area contributed by atoms with Gasteiger partial charge in [0.25, 0.3) is 0 Å². The number of anilines is 2. The second-order valence-corrected chi connectivity index (χ2v) is 8.29. The lowest BCUT2D eigenvalue weighted by molar-refractivity contribution is -0.122. The molecule has 0 saturated carbocycles. The van der Waals surface area contributed by atoms with Crippen LogP contribution >= 0.6 is 11.3 Å². The molecule has 1 fully saturated rings. The summed E-state index contributed by atoms with van der Waals surface area (Å²) in [6.07, 6.45) is 1.54. The maximum absolute atomic E-state index is 12.7. The van der Waals surface area contributed by atoms with Gasteiger partial charge in [0.15, 0.2) is 0 Å². The number of likely N-dealkylation sites (tertiary alicyclic amines) is 1. The zero-order chi connectivity index (χ0) is 22.4. The molecule has 2 N–H and O–H groups in total. The number of hydrogen-bond donors (Lipinski definition) is 2. The Labute approximate surface area is 185 Å². The fourth-order valence-electron chi connectivity index (χ4n) is 3.52. The minimum atomic E-state index is -0.389. The molecule has 1 aromatic heterocycles. The zero-order valence-electron chi connectivity index (χ0n) is 17.9. The van der Waals surface area contributed by atoms with Gasteiger partial charge in [0.1, 0.15) is 10.6 Å². The third kappa shape index (κ3) is 5.83. The van der Waals surface area contributed by atoms with Crippen LogP contribution in [0.2, 0.25) is 0 Å². The number of ether oxygens (including phenoxy) is 2. The van der Waals surface area contributed by atoms with E-state index in [2.05, 4.69) is 10.6 Å². The third-order valence-electron chi connectivity index (χ3n) is 5.01. The molecule has 1 atom stereocenters. The Morgan fingerprint density at radius 3 is 2.61 bits per heavy atom. The standard InChI is InChI=1S/C22H27N3O5S/c1-4-30-22(28)20-14(2)12-19(31-20)24-18(26)13-25-11-5-6-17(25)21(27)23-15-7-9-16(29-3)10-8-15/h7-10,12,17H,4-6,11,13H2,1-3H3,(H,23,27)(H,24,26). The quantitative estimate of drug-likeness (QED) is 0.606. The molecule has 0 radical (unpaired) electrons. The van der Waals surface area contributed by atoms with Crippen LogP contribution in [0.1, 0.15) is 35.0 Å². The summed E-state index contributed by atoms with van der Waals surface area (Å²) in [6, 6.07) is 8.51. The Kier molecular flexibility index (Phi) is 7.64. The fourth-order valence-corrected chi connectivity index (χ4v) is 4.50. The van der Waals surface area contributed by atoms with Crippen LogP contribution in [0.25, 0.3) is 0 Å². The van der Waals surface area contributed by atoms with Crippen molar-refractivity contribution in [3.8, 4) is 5.75 Å². The van der Waals surface area contributed by atoms with Crippen molar-refractivity contribution in [2.45, 2.75) is 32.7 Å². The molecular weight excluding hydrogens is 418 g/mol. The van der Waals surface area contributed by atoms with E-state index in [1.54, 1.807) is 51.3 Å². The molecule has 3 rings (SSSR count). The summed E-state index contributed by atoms with van der Waals surface area (Å²) in [5.74, 6) is -0.0276. The first-order chi connectivity index (χ1) is 14.9. The summed E-state index contributed by atoms with van der Waals surface area (Å²) in [4.78, 5) is 39.6. The molecule has 166 valence electrons. The minimum Gasteiger partial charge on any atom is -0.497 e. The number of carbonyl (C=O) groups excluding carboxylic acids is 3. The number of nitrogens with zero attached hydrogens (tertiary/aromatic N) is 1. The van der Waals surface area contributed by atoms with E-state index >= 15 is 0 Å². The molecule has 2 heterocycles. The number of benzene rings is 1. The van der Waals surface area contributed by atoms with Crippen LogP contribution in [0.15, 0.2) is 30.3 Å². The van der Waals surface area contributed by atoms with E-state index in [-0.39, 0.29) is 30.4 Å². The van der Waals surface area contributed by atoms with Gasteiger partial charge in [-0.3, -0.25) is 14.5 Å². The lowest BCUT2D eigenvalue weighted by atomic mass is 10.2. The van der Waals surface area contributed by atoms with Crippen molar-refractivity contribution in [1.29, 1.82) is 0 Å². The van der Waals surface area contributed by atoms with Gasteiger partial charge in [-0.1, -0.05) is 0 Å². The number of aryl methyl sites for hydroxylation is 1. The molecule has 2 amide bonds. The molecule has 9 heteroatoms. The normalized spacial score (nSPS) is 16.0. The molecule has 1 aliphatic heterocycles. The molecule has 2 aromatic rings. The van der Waals surface area contributed by atoms with Crippen LogP contribution in [0.5, 0.6) is 5.75 Å². The zero-order valence-corrected chi connectivity index (χ0v) is 18.7. The highest BCUT2D eigenvalue weighted by Gasteiger charge is 2.32. The number of hydrogen-bond acceptors (Lipinski definition) is 7. The van der Waals surface area contributed by atoms with Crippen molar-refractivity contribution < 1.29 is 23.9 Å². The van der Waals surface area contributed by atoms with E-state index in [4.69, 9.17) is 9.47 Å². The first-order valence-electron chi connectivity index (χ1n) is 10.2. The van der Waals surface area contributed by atoms with Crippen molar-refractivity contribution in [2.75, 3.05) is 37.4 Å². The maximum atomic E-state index is 12.7. The van der Waals surface area contributed by atoms with Crippen molar-refractivity contribution in [3.05, 3.63) is 40.8 Å². The molecule has 1 saturated heterocycles. The Hall–Kier alpha value is -2.91. The predicted molar refractivity (Wildman–Crippen MR) is 120 cm³/mol. The van der Waals surface area contributed by atoms with Gasteiger partial charge in [-0.25, -0.2) is 4.79 Å². The van der Waals surface area contributed by atoms with Crippen LogP contribution in [0.4, 0.5) is 10.7 Å². The number of rotatable bonds is 8. The largest absolute Gasteiger partial charge is 0.497 e. The van der Waals surface area contributed by atoms with E-state index in [1.165, 1.54) is 11.3 Å². The second-order valence-electron chi connectivity index (χ2n) is 7.24. The molecule has 8 nitrogen and oxygen atoms in total. The summed E-state index contributed by atoms with van der Waals surface area (Å²) < 4.78 is 10.2. The Bertz CT molecular complexity index is 941. The lowest BCUT2D eigenvalue weighted by Crippen LogP contribution is -2.43. The average Bonchev–Trinajstić information content (AvgIpc) is 3.35. The van der Waals surface area contributed by atoms with E-state index in [0.29, 0.717) is 40.9 Å². The number of methoxy groups -OCH3 is 1. The van der Waals surface area contributed by atoms with Crippen LogP contribution in [-0.2, 0) is 14.3 Å². The van der Waals surface area contributed by atoms with Crippen molar-refractivity contribution in [3.63, 3.8) is 0 Å². The molecule has 31 heavy (non-hydrogen) atoms. The van der Waals surface area contributed by atoms with E-state index in [0.717, 1.165) is 12.0 Å². The number of amides is 2. The smallest absolute Gasteiger partial charge is 0.348 e. The Morgan fingerprint density at radius 1 is 1.19 bits per heavy atom. The molecule has 0 bridgehead atoms. The third-order valence-corrected chi connectivity index (χ3v) is 6.14. The molecule has 1 unspecified atom stereocenters. The summed E-state index contributed by atoms with van der Waals surface area (Å²) in [6.45, 7) is 4.63. The van der Waals surface area contributed by atoms with Gasteiger partial charge >= 0.3 is 5.97 Å². The average molecular weight is 446 g/mol. The number of esters is 1. The topological polar surface area (TPSA) is 97.0 Å².